The molecule has 1 aliphatic heterocycles. The molecule has 0 atom stereocenters. The smallest absolute Gasteiger partial charge is 0.219 e. The Bertz CT molecular complexity index is 647. The van der Waals surface area contributed by atoms with Crippen LogP contribution in [0.1, 0.15) is 6.92 Å². The number of amides is 1. The SMILES string of the molecule is CC(=O)N1CCN(c2ccc3ncccc3c2N)CC1. The Morgan fingerprint density at radius 1 is 1.20 bits per heavy atom. The summed E-state index contributed by atoms with van der Waals surface area (Å²) in [6.07, 6.45) is 1.77. The zero-order valence-corrected chi connectivity index (χ0v) is 11.5. The lowest BCUT2D eigenvalue weighted by molar-refractivity contribution is -0.129. The van der Waals surface area contributed by atoms with Gasteiger partial charge in [-0.15, -0.1) is 0 Å². The van der Waals surface area contributed by atoms with Crippen LogP contribution < -0.4 is 10.6 Å². The van der Waals surface area contributed by atoms with Gasteiger partial charge in [0.15, 0.2) is 0 Å². The van der Waals surface area contributed by atoms with E-state index in [-0.39, 0.29) is 5.91 Å². The number of nitrogen functional groups attached to an aromatic ring is 1. The van der Waals surface area contributed by atoms with Gasteiger partial charge in [0, 0.05) is 44.7 Å². The van der Waals surface area contributed by atoms with Gasteiger partial charge in [0.25, 0.3) is 0 Å². The van der Waals surface area contributed by atoms with Gasteiger partial charge in [-0.2, -0.15) is 0 Å². The highest BCUT2D eigenvalue weighted by Gasteiger charge is 2.20. The minimum absolute atomic E-state index is 0.139. The zero-order chi connectivity index (χ0) is 14.1. The van der Waals surface area contributed by atoms with E-state index >= 15 is 0 Å². The first-order valence-corrected chi connectivity index (χ1v) is 6.80. The van der Waals surface area contributed by atoms with E-state index in [1.54, 1.807) is 13.1 Å². The molecule has 2 heterocycles. The van der Waals surface area contributed by atoms with Gasteiger partial charge >= 0.3 is 0 Å². The molecule has 0 spiro atoms. The van der Waals surface area contributed by atoms with Crippen molar-refractivity contribution in [2.75, 3.05) is 36.8 Å². The average molecular weight is 270 g/mol. The largest absolute Gasteiger partial charge is 0.396 e. The Labute approximate surface area is 118 Å². The number of nitrogens with two attached hydrogens (primary N) is 1. The van der Waals surface area contributed by atoms with Crippen LogP contribution >= 0.6 is 0 Å². The topological polar surface area (TPSA) is 62.5 Å². The van der Waals surface area contributed by atoms with Gasteiger partial charge in [-0.25, -0.2) is 0 Å². The molecule has 1 aromatic heterocycles. The molecule has 0 aliphatic carbocycles. The Morgan fingerprint density at radius 3 is 2.65 bits per heavy atom. The van der Waals surface area contributed by atoms with Gasteiger partial charge in [0.05, 0.1) is 16.9 Å². The lowest BCUT2D eigenvalue weighted by Crippen LogP contribution is -2.48. The third-order valence-electron chi connectivity index (χ3n) is 3.87. The minimum atomic E-state index is 0.139. The summed E-state index contributed by atoms with van der Waals surface area (Å²) < 4.78 is 0. The number of fused-ring (bicyclic) bond motifs is 1. The Hall–Kier alpha value is -2.30. The normalized spacial score (nSPS) is 15.7. The maximum absolute atomic E-state index is 11.4. The van der Waals surface area contributed by atoms with Gasteiger partial charge in [-0.3, -0.25) is 9.78 Å². The summed E-state index contributed by atoms with van der Waals surface area (Å²) in [6, 6.07) is 7.91. The van der Waals surface area contributed by atoms with Gasteiger partial charge in [-0.1, -0.05) is 0 Å². The predicted octanol–water partition coefficient (Wildman–Crippen LogP) is 1.49. The van der Waals surface area contributed by atoms with Gasteiger partial charge in [-0.05, 0) is 24.3 Å². The third-order valence-corrected chi connectivity index (χ3v) is 3.87. The molecule has 1 amide bonds. The summed E-state index contributed by atoms with van der Waals surface area (Å²) >= 11 is 0. The van der Waals surface area contributed by atoms with Gasteiger partial charge < -0.3 is 15.5 Å². The second kappa shape index (κ2) is 5.00. The van der Waals surface area contributed by atoms with Crippen LogP contribution in [0.3, 0.4) is 0 Å². The van der Waals surface area contributed by atoms with Crippen molar-refractivity contribution in [1.29, 1.82) is 0 Å². The second-order valence-electron chi connectivity index (χ2n) is 5.06. The van der Waals surface area contributed by atoms with E-state index in [0.29, 0.717) is 0 Å². The fourth-order valence-electron chi connectivity index (χ4n) is 2.70. The fraction of sp³-hybridized carbons (Fsp3) is 0.333. The van der Waals surface area contributed by atoms with E-state index in [2.05, 4.69) is 9.88 Å². The van der Waals surface area contributed by atoms with E-state index in [4.69, 9.17) is 5.73 Å². The summed E-state index contributed by atoms with van der Waals surface area (Å²) in [5, 5.41) is 0.985. The quantitative estimate of drug-likeness (QED) is 0.797. The first-order valence-electron chi connectivity index (χ1n) is 6.80. The summed E-state index contributed by atoms with van der Waals surface area (Å²) in [6.45, 7) is 4.75. The van der Waals surface area contributed by atoms with Crippen LogP contribution in [0.15, 0.2) is 30.5 Å². The summed E-state index contributed by atoms with van der Waals surface area (Å²) in [7, 11) is 0. The fourth-order valence-corrected chi connectivity index (χ4v) is 2.70. The second-order valence-corrected chi connectivity index (χ2v) is 5.06. The molecule has 1 aliphatic rings. The highest BCUT2D eigenvalue weighted by Crippen LogP contribution is 2.30. The van der Waals surface area contributed by atoms with E-state index in [9.17, 15) is 4.79 Å². The van der Waals surface area contributed by atoms with Crippen molar-refractivity contribution in [2.24, 2.45) is 0 Å². The molecule has 2 aromatic rings. The Morgan fingerprint density at radius 2 is 1.95 bits per heavy atom. The molecule has 3 rings (SSSR count). The zero-order valence-electron chi connectivity index (χ0n) is 11.5. The van der Waals surface area contributed by atoms with Gasteiger partial charge in [0.2, 0.25) is 5.91 Å². The minimum Gasteiger partial charge on any atom is -0.396 e. The highest BCUT2D eigenvalue weighted by molar-refractivity contribution is 5.97. The predicted molar refractivity (Wildman–Crippen MR) is 80.6 cm³/mol. The number of pyridine rings is 1. The molecule has 1 fully saturated rings. The number of rotatable bonds is 1. The number of anilines is 2. The van der Waals surface area contributed by atoms with Crippen molar-refractivity contribution < 1.29 is 4.79 Å². The molecular weight excluding hydrogens is 252 g/mol. The number of aromatic nitrogens is 1. The third kappa shape index (κ3) is 2.15. The van der Waals surface area contributed by atoms with Crippen LogP contribution in [0, 0.1) is 0 Å². The first-order chi connectivity index (χ1) is 9.66. The molecule has 104 valence electrons. The van der Waals surface area contributed by atoms with Gasteiger partial charge in [0.1, 0.15) is 0 Å². The molecule has 0 saturated carbocycles. The van der Waals surface area contributed by atoms with Crippen molar-refractivity contribution in [3.05, 3.63) is 30.5 Å². The van der Waals surface area contributed by atoms with E-state index in [1.165, 1.54) is 0 Å². The number of piperazine rings is 1. The standard InChI is InChI=1S/C15H18N4O/c1-11(20)18-7-9-19(10-8-18)14-5-4-13-12(15(14)16)3-2-6-17-13/h2-6H,7-10,16H2,1H3. The number of hydrogen-bond acceptors (Lipinski definition) is 4. The molecule has 1 saturated heterocycles. The summed E-state index contributed by atoms with van der Waals surface area (Å²) in [4.78, 5) is 19.8. The summed E-state index contributed by atoms with van der Waals surface area (Å²) in [5.41, 5.74) is 9.00. The van der Waals surface area contributed by atoms with Crippen LogP contribution in [-0.4, -0.2) is 42.0 Å². The van der Waals surface area contributed by atoms with E-state index in [0.717, 1.165) is 48.5 Å². The number of carbonyl (C=O) groups excluding carboxylic acids is 1. The Balaban J connectivity index is 1.88. The van der Waals surface area contributed by atoms with Crippen LogP contribution in [0.5, 0.6) is 0 Å². The van der Waals surface area contributed by atoms with Crippen molar-refractivity contribution in [2.45, 2.75) is 6.92 Å². The lowest BCUT2D eigenvalue weighted by Gasteiger charge is -2.36. The lowest BCUT2D eigenvalue weighted by atomic mass is 10.1. The van der Waals surface area contributed by atoms with Crippen molar-refractivity contribution in [3.63, 3.8) is 0 Å². The summed E-state index contributed by atoms with van der Waals surface area (Å²) in [5.74, 6) is 0.139. The van der Waals surface area contributed by atoms with Crippen LogP contribution in [0.25, 0.3) is 10.9 Å². The molecule has 2 N–H and O–H groups in total. The number of benzene rings is 1. The Kier molecular flexibility index (Phi) is 3.18. The highest BCUT2D eigenvalue weighted by atomic mass is 16.2. The number of nitrogens with zero attached hydrogens (tertiary/aromatic N) is 3. The van der Waals surface area contributed by atoms with Crippen molar-refractivity contribution in [1.82, 2.24) is 9.88 Å². The molecule has 20 heavy (non-hydrogen) atoms. The molecule has 1 aromatic carbocycles. The van der Waals surface area contributed by atoms with Crippen molar-refractivity contribution in [3.8, 4) is 0 Å². The van der Waals surface area contributed by atoms with Crippen LogP contribution in [-0.2, 0) is 4.79 Å². The molecule has 5 nitrogen and oxygen atoms in total. The number of carbonyl (C=O) groups is 1. The van der Waals surface area contributed by atoms with Crippen LogP contribution in [0.2, 0.25) is 0 Å². The maximum Gasteiger partial charge on any atom is 0.219 e. The molecule has 0 bridgehead atoms. The average Bonchev–Trinajstić information content (AvgIpc) is 2.48. The molecule has 5 heteroatoms. The molecule has 0 radical (unpaired) electrons. The van der Waals surface area contributed by atoms with E-state index < -0.39 is 0 Å². The number of hydrogen-bond donors (Lipinski definition) is 1. The molecule has 0 unspecified atom stereocenters. The van der Waals surface area contributed by atoms with E-state index in [1.807, 2.05) is 29.2 Å². The van der Waals surface area contributed by atoms with Crippen LogP contribution in [0.4, 0.5) is 11.4 Å². The van der Waals surface area contributed by atoms with Crippen molar-refractivity contribution >= 4 is 28.2 Å². The maximum atomic E-state index is 11.4. The monoisotopic (exact) mass is 270 g/mol. The molecular formula is C15H18N4O. The first kappa shape index (κ1) is 12.7.